The lowest BCUT2D eigenvalue weighted by Crippen LogP contribution is -2.10. The summed E-state index contributed by atoms with van der Waals surface area (Å²) in [5, 5.41) is 3.79. The van der Waals surface area contributed by atoms with Gasteiger partial charge in [-0.15, -0.1) is 11.3 Å². The first kappa shape index (κ1) is 18.4. The average Bonchev–Trinajstić information content (AvgIpc) is 3.03. The summed E-state index contributed by atoms with van der Waals surface area (Å²) < 4.78 is 19.8. The zero-order valence-corrected chi connectivity index (χ0v) is 16.1. The van der Waals surface area contributed by atoms with Gasteiger partial charge in [0.05, 0.1) is 5.02 Å². The molecule has 0 unspecified atom stereocenters. The molecule has 7 heteroatoms. The summed E-state index contributed by atoms with van der Waals surface area (Å²) in [7, 11) is 0. The fourth-order valence-electron chi connectivity index (χ4n) is 2.69. The van der Waals surface area contributed by atoms with Gasteiger partial charge in [0, 0.05) is 39.8 Å². The van der Waals surface area contributed by atoms with Crippen molar-refractivity contribution in [2.75, 3.05) is 5.32 Å². The van der Waals surface area contributed by atoms with E-state index in [4.69, 9.17) is 16.3 Å². The van der Waals surface area contributed by atoms with Gasteiger partial charge in [0.2, 0.25) is 0 Å². The number of carbonyl (C=O) groups is 1. The fraction of sp³-hybridized carbons (Fsp3) is 0.0476. The van der Waals surface area contributed by atoms with E-state index in [1.165, 1.54) is 12.1 Å². The number of rotatable bonds is 5. The molecular weight excluding hydrogens is 399 g/mol. The third kappa shape index (κ3) is 3.98. The van der Waals surface area contributed by atoms with Crippen molar-refractivity contribution < 1.29 is 13.9 Å². The van der Waals surface area contributed by atoms with Crippen LogP contribution in [0.1, 0.15) is 15.2 Å². The van der Waals surface area contributed by atoms with E-state index in [-0.39, 0.29) is 11.7 Å². The number of thiophene rings is 1. The van der Waals surface area contributed by atoms with E-state index in [0.717, 1.165) is 16.9 Å². The smallest absolute Gasteiger partial charge is 0.267 e. The van der Waals surface area contributed by atoms with Crippen molar-refractivity contribution in [2.24, 2.45) is 0 Å². The van der Waals surface area contributed by atoms with E-state index >= 15 is 0 Å². The van der Waals surface area contributed by atoms with Gasteiger partial charge in [0.1, 0.15) is 23.1 Å². The highest BCUT2D eigenvalue weighted by Crippen LogP contribution is 2.36. The van der Waals surface area contributed by atoms with Crippen LogP contribution in [0.25, 0.3) is 10.1 Å². The monoisotopic (exact) mass is 412 g/mol. The molecule has 140 valence electrons. The second kappa shape index (κ2) is 7.96. The molecular formula is C21H14ClFN2O2S. The van der Waals surface area contributed by atoms with Crippen LogP contribution >= 0.6 is 22.9 Å². The number of fused-ring (bicyclic) bond motifs is 1. The van der Waals surface area contributed by atoms with Crippen molar-refractivity contribution in [2.45, 2.75) is 6.61 Å². The molecule has 1 amide bonds. The SMILES string of the molecule is O=C(Nc1cccc(OCc2cccnc2)c1)c1sc2cc(F)ccc2c1Cl. The molecule has 0 fully saturated rings. The molecule has 4 nitrogen and oxygen atoms in total. The van der Waals surface area contributed by atoms with Crippen LogP contribution in [0.3, 0.4) is 0 Å². The predicted octanol–water partition coefficient (Wildman–Crippen LogP) is 5.92. The van der Waals surface area contributed by atoms with Crippen molar-refractivity contribution >= 4 is 44.6 Å². The second-order valence-corrected chi connectivity index (χ2v) is 7.45. The maximum Gasteiger partial charge on any atom is 0.267 e. The predicted molar refractivity (Wildman–Crippen MR) is 110 cm³/mol. The molecule has 2 heterocycles. The Morgan fingerprint density at radius 3 is 2.89 bits per heavy atom. The Labute approximate surface area is 169 Å². The maximum absolute atomic E-state index is 13.4. The topological polar surface area (TPSA) is 51.2 Å². The Morgan fingerprint density at radius 2 is 2.07 bits per heavy atom. The normalized spacial score (nSPS) is 10.8. The number of carbonyl (C=O) groups excluding carboxylic acids is 1. The molecule has 1 N–H and O–H groups in total. The first-order valence-electron chi connectivity index (χ1n) is 8.41. The molecule has 0 spiro atoms. The Balaban J connectivity index is 1.50. The highest BCUT2D eigenvalue weighted by atomic mass is 35.5. The highest BCUT2D eigenvalue weighted by molar-refractivity contribution is 7.21. The van der Waals surface area contributed by atoms with Crippen LogP contribution in [0, 0.1) is 5.82 Å². The van der Waals surface area contributed by atoms with Crippen LogP contribution in [-0.2, 0) is 6.61 Å². The lowest BCUT2D eigenvalue weighted by Gasteiger charge is -2.09. The largest absolute Gasteiger partial charge is 0.489 e. The number of halogens is 2. The summed E-state index contributed by atoms with van der Waals surface area (Å²) in [6.07, 6.45) is 3.44. The number of pyridine rings is 1. The number of hydrogen-bond donors (Lipinski definition) is 1. The molecule has 0 atom stereocenters. The second-order valence-electron chi connectivity index (χ2n) is 6.02. The van der Waals surface area contributed by atoms with Crippen LogP contribution in [0.4, 0.5) is 10.1 Å². The van der Waals surface area contributed by atoms with Crippen LogP contribution < -0.4 is 10.1 Å². The highest BCUT2D eigenvalue weighted by Gasteiger charge is 2.18. The molecule has 0 radical (unpaired) electrons. The number of nitrogens with zero attached hydrogens (tertiary/aromatic N) is 1. The van der Waals surface area contributed by atoms with Crippen LogP contribution in [0.5, 0.6) is 5.75 Å². The molecule has 0 aliphatic heterocycles. The van der Waals surface area contributed by atoms with E-state index in [1.807, 2.05) is 12.1 Å². The number of nitrogens with one attached hydrogen (secondary N) is 1. The van der Waals surface area contributed by atoms with Crippen molar-refractivity contribution in [1.29, 1.82) is 0 Å². The van der Waals surface area contributed by atoms with E-state index in [2.05, 4.69) is 10.3 Å². The lowest BCUT2D eigenvalue weighted by molar-refractivity contribution is 0.103. The minimum atomic E-state index is -0.365. The van der Waals surface area contributed by atoms with Crippen LogP contribution in [0.15, 0.2) is 67.0 Å². The number of hydrogen-bond acceptors (Lipinski definition) is 4. The zero-order chi connectivity index (χ0) is 19.5. The summed E-state index contributed by atoms with van der Waals surface area (Å²) >= 11 is 7.47. The molecule has 2 aromatic carbocycles. The quantitative estimate of drug-likeness (QED) is 0.442. The minimum Gasteiger partial charge on any atom is -0.489 e. The fourth-order valence-corrected chi connectivity index (χ4v) is 4.12. The Hall–Kier alpha value is -2.96. The molecule has 0 bridgehead atoms. The first-order chi connectivity index (χ1) is 13.6. The summed E-state index contributed by atoms with van der Waals surface area (Å²) in [6, 6.07) is 15.1. The Kier molecular flexibility index (Phi) is 5.23. The van der Waals surface area contributed by atoms with Gasteiger partial charge in [0.15, 0.2) is 0 Å². The van der Waals surface area contributed by atoms with E-state index in [9.17, 15) is 9.18 Å². The standard InChI is InChI=1S/C21H14ClFN2O2S/c22-19-17-7-6-14(23)9-18(17)28-20(19)21(26)25-15-4-1-5-16(10-15)27-12-13-3-2-8-24-11-13/h1-11H,12H2,(H,25,26). The number of amides is 1. The summed E-state index contributed by atoms with van der Waals surface area (Å²) in [5.41, 5.74) is 1.52. The van der Waals surface area contributed by atoms with Crippen molar-refractivity contribution in [3.8, 4) is 5.75 Å². The van der Waals surface area contributed by atoms with Gasteiger partial charge < -0.3 is 10.1 Å². The summed E-state index contributed by atoms with van der Waals surface area (Å²) in [4.78, 5) is 17.0. The van der Waals surface area contributed by atoms with E-state index < -0.39 is 0 Å². The molecule has 28 heavy (non-hydrogen) atoms. The van der Waals surface area contributed by atoms with Crippen LogP contribution in [0.2, 0.25) is 5.02 Å². The van der Waals surface area contributed by atoms with Crippen LogP contribution in [-0.4, -0.2) is 10.9 Å². The van der Waals surface area contributed by atoms with Gasteiger partial charge >= 0.3 is 0 Å². The third-order valence-electron chi connectivity index (χ3n) is 4.02. The van der Waals surface area contributed by atoms with Gasteiger partial charge in [-0.1, -0.05) is 23.7 Å². The van der Waals surface area contributed by atoms with E-state index in [1.54, 1.807) is 42.7 Å². The van der Waals surface area contributed by atoms with Gasteiger partial charge in [0.25, 0.3) is 5.91 Å². The third-order valence-corrected chi connectivity index (χ3v) is 5.67. The number of anilines is 1. The Morgan fingerprint density at radius 1 is 1.18 bits per heavy atom. The first-order valence-corrected chi connectivity index (χ1v) is 9.60. The molecule has 4 rings (SSSR count). The zero-order valence-electron chi connectivity index (χ0n) is 14.5. The number of aromatic nitrogens is 1. The Bertz CT molecular complexity index is 1150. The molecule has 2 aromatic heterocycles. The summed E-state index contributed by atoms with van der Waals surface area (Å²) in [5.74, 6) is -0.0991. The van der Waals surface area contributed by atoms with Gasteiger partial charge in [-0.05, 0) is 36.4 Å². The maximum atomic E-state index is 13.4. The van der Waals surface area contributed by atoms with Gasteiger partial charge in [-0.3, -0.25) is 9.78 Å². The number of ether oxygens (including phenoxy) is 1. The molecule has 0 aliphatic rings. The van der Waals surface area contributed by atoms with Gasteiger partial charge in [-0.2, -0.15) is 0 Å². The minimum absolute atomic E-state index is 0.321. The molecule has 0 saturated carbocycles. The molecule has 0 aliphatic carbocycles. The molecule has 0 saturated heterocycles. The molecule has 4 aromatic rings. The lowest BCUT2D eigenvalue weighted by atomic mass is 10.2. The average molecular weight is 413 g/mol. The number of benzene rings is 2. The van der Waals surface area contributed by atoms with Gasteiger partial charge in [-0.25, -0.2) is 4.39 Å². The van der Waals surface area contributed by atoms with Crippen molar-refractivity contribution in [3.63, 3.8) is 0 Å². The summed E-state index contributed by atoms with van der Waals surface area (Å²) in [6.45, 7) is 0.374. The van der Waals surface area contributed by atoms with Crippen molar-refractivity contribution in [3.05, 3.63) is 88.3 Å². The van der Waals surface area contributed by atoms with Crippen molar-refractivity contribution in [1.82, 2.24) is 4.98 Å². The van der Waals surface area contributed by atoms with E-state index in [0.29, 0.717) is 38.0 Å².